The van der Waals surface area contributed by atoms with Crippen LogP contribution in [0.2, 0.25) is 0 Å². The molecule has 0 spiro atoms. The van der Waals surface area contributed by atoms with Crippen LogP contribution in [0.5, 0.6) is 5.75 Å². The molecule has 1 aliphatic rings. The Kier molecular flexibility index (Phi) is 5.40. The summed E-state index contributed by atoms with van der Waals surface area (Å²) >= 11 is 0. The molecule has 0 aromatic heterocycles. The first-order valence-electron chi connectivity index (χ1n) is 7.47. The van der Waals surface area contributed by atoms with E-state index in [1.54, 1.807) is 0 Å². The molecule has 2 N–H and O–H groups in total. The van der Waals surface area contributed by atoms with Gasteiger partial charge in [-0.2, -0.15) is 0 Å². The van der Waals surface area contributed by atoms with Gasteiger partial charge in [0.1, 0.15) is 5.75 Å². The van der Waals surface area contributed by atoms with Gasteiger partial charge in [0.2, 0.25) is 0 Å². The quantitative estimate of drug-likeness (QED) is 0.897. The smallest absolute Gasteiger partial charge is 0.119 e. The van der Waals surface area contributed by atoms with Crippen molar-refractivity contribution in [1.82, 2.24) is 4.90 Å². The highest BCUT2D eigenvalue weighted by Crippen LogP contribution is 2.32. The van der Waals surface area contributed by atoms with Crippen LogP contribution in [-0.4, -0.2) is 43.3 Å². The second-order valence-electron chi connectivity index (χ2n) is 5.43. The summed E-state index contributed by atoms with van der Waals surface area (Å²) in [4.78, 5) is 2.46. The minimum absolute atomic E-state index is 0.0445. The first-order chi connectivity index (χ1) is 9.67. The Morgan fingerprint density at radius 2 is 2.25 bits per heavy atom. The van der Waals surface area contributed by atoms with Crippen molar-refractivity contribution in [1.29, 1.82) is 0 Å². The van der Waals surface area contributed by atoms with Crippen LogP contribution in [0.1, 0.15) is 32.4 Å². The number of nitrogens with zero attached hydrogens (tertiary/aromatic N) is 1. The number of benzene rings is 1. The molecule has 2 atom stereocenters. The molecule has 20 heavy (non-hydrogen) atoms. The van der Waals surface area contributed by atoms with Gasteiger partial charge in [0.25, 0.3) is 0 Å². The number of rotatable bonds is 5. The second-order valence-corrected chi connectivity index (χ2v) is 5.43. The lowest BCUT2D eigenvalue weighted by atomic mass is 9.96. The normalized spacial score (nSPS) is 24.1. The van der Waals surface area contributed by atoms with Crippen LogP contribution < -0.4 is 10.5 Å². The van der Waals surface area contributed by atoms with Gasteiger partial charge in [-0.25, -0.2) is 0 Å². The molecule has 0 saturated carbocycles. The van der Waals surface area contributed by atoms with Crippen molar-refractivity contribution in [3.63, 3.8) is 0 Å². The van der Waals surface area contributed by atoms with Crippen LogP contribution in [0.25, 0.3) is 0 Å². The lowest BCUT2D eigenvalue weighted by molar-refractivity contribution is -0.0789. The summed E-state index contributed by atoms with van der Waals surface area (Å²) in [6.45, 7) is 9.35. The Morgan fingerprint density at radius 1 is 1.45 bits per heavy atom. The molecule has 1 fully saturated rings. The number of morpholine rings is 1. The van der Waals surface area contributed by atoms with E-state index in [0.717, 1.165) is 18.9 Å². The van der Waals surface area contributed by atoms with Crippen molar-refractivity contribution >= 4 is 0 Å². The monoisotopic (exact) mass is 278 g/mol. The van der Waals surface area contributed by atoms with Gasteiger partial charge in [-0.05, 0) is 38.5 Å². The molecule has 0 amide bonds. The molecular formula is C16H26N2O2. The van der Waals surface area contributed by atoms with E-state index in [4.69, 9.17) is 15.2 Å². The number of nitrogens with two attached hydrogens (primary N) is 1. The topological polar surface area (TPSA) is 47.7 Å². The van der Waals surface area contributed by atoms with Crippen molar-refractivity contribution in [3.05, 3.63) is 29.8 Å². The fourth-order valence-corrected chi connectivity index (χ4v) is 2.89. The Balaban J connectivity index is 2.30. The lowest BCUT2D eigenvalue weighted by Crippen LogP contribution is -2.50. The minimum atomic E-state index is 0.0445. The first kappa shape index (κ1) is 15.3. The van der Waals surface area contributed by atoms with E-state index >= 15 is 0 Å². The zero-order valence-electron chi connectivity index (χ0n) is 12.7. The highest BCUT2D eigenvalue weighted by Gasteiger charge is 2.34. The van der Waals surface area contributed by atoms with Gasteiger partial charge in [-0.15, -0.1) is 0 Å². The molecule has 0 bridgehead atoms. The molecule has 0 aliphatic carbocycles. The minimum Gasteiger partial charge on any atom is -0.494 e. The summed E-state index contributed by atoms with van der Waals surface area (Å²) in [6.07, 6.45) is 0.0445. The van der Waals surface area contributed by atoms with E-state index in [1.165, 1.54) is 5.56 Å². The van der Waals surface area contributed by atoms with Crippen LogP contribution in [0.4, 0.5) is 0 Å². The van der Waals surface area contributed by atoms with Gasteiger partial charge in [0, 0.05) is 19.1 Å². The fraction of sp³-hybridized carbons (Fsp3) is 0.625. The van der Waals surface area contributed by atoms with Crippen molar-refractivity contribution < 1.29 is 9.47 Å². The van der Waals surface area contributed by atoms with Crippen LogP contribution in [-0.2, 0) is 4.74 Å². The van der Waals surface area contributed by atoms with E-state index < -0.39 is 0 Å². The maximum atomic E-state index is 5.91. The van der Waals surface area contributed by atoms with Gasteiger partial charge in [-0.3, -0.25) is 4.90 Å². The van der Waals surface area contributed by atoms with Crippen molar-refractivity contribution in [2.24, 2.45) is 5.73 Å². The first-order valence-corrected chi connectivity index (χ1v) is 7.47. The Labute approximate surface area is 121 Å². The second kappa shape index (κ2) is 7.07. The molecule has 1 saturated heterocycles. The van der Waals surface area contributed by atoms with Gasteiger partial charge in [0.05, 0.1) is 25.4 Å². The van der Waals surface area contributed by atoms with E-state index in [1.807, 2.05) is 19.1 Å². The fourth-order valence-electron chi connectivity index (χ4n) is 2.89. The molecule has 2 rings (SSSR count). The number of ether oxygens (including phenoxy) is 2. The molecule has 112 valence electrons. The third-order valence-electron chi connectivity index (χ3n) is 3.80. The highest BCUT2D eigenvalue weighted by molar-refractivity contribution is 5.31. The molecule has 1 aliphatic heterocycles. The largest absolute Gasteiger partial charge is 0.494 e. The average molecular weight is 278 g/mol. The standard InChI is InChI=1S/C16H26N2O2/c1-4-19-14-7-5-6-13(10-14)16-15(11-17)20-9-8-18(16)12(2)3/h5-7,10,12,15-16H,4,8-9,11,17H2,1-3H3. The Hall–Kier alpha value is -1.10. The van der Waals surface area contributed by atoms with Crippen LogP contribution >= 0.6 is 0 Å². The zero-order chi connectivity index (χ0) is 14.5. The molecule has 2 unspecified atom stereocenters. The SMILES string of the molecule is CCOc1cccc(C2C(CN)OCCN2C(C)C)c1. The molecule has 1 heterocycles. The predicted octanol–water partition coefficient (Wildman–Crippen LogP) is 2.19. The summed E-state index contributed by atoms with van der Waals surface area (Å²) in [5.74, 6) is 0.912. The molecular weight excluding hydrogens is 252 g/mol. The molecule has 1 aromatic rings. The predicted molar refractivity (Wildman–Crippen MR) is 81.0 cm³/mol. The van der Waals surface area contributed by atoms with Crippen LogP contribution in [0.15, 0.2) is 24.3 Å². The van der Waals surface area contributed by atoms with Crippen molar-refractivity contribution in [2.75, 3.05) is 26.3 Å². The lowest BCUT2D eigenvalue weighted by Gasteiger charge is -2.43. The van der Waals surface area contributed by atoms with Crippen molar-refractivity contribution in [2.45, 2.75) is 39.0 Å². The van der Waals surface area contributed by atoms with E-state index in [2.05, 4.69) is 30.9 Å². The van der Waals surface area contributed by atoms with E-state index in [-0.39, 0.29) is 12.1 Å². The highest BCUT2D eigenvalue weighted by atomic mass is 16.5. The Morgan fingerprint density at radius 3 is 2.90 bits per heavy atom. The number of hydrogen-bond acceptors (Lipinski definition) is 4. The summed E-state index contributed by atoms with van der Waals surface area (Å²) < 4.78 is 11.5. The van der Waals surface area contributed by atoms with Gasteiger partial charge < -0.3 is 15.2 Å². The summed E-state index contributed by atoms with van der Waals surface area (Å²) in [7, 11) is 0. The third kappa shape index (κ3) is 3.32. The number of hydrogen-bond donors (Lipinski definition) is 1. The maximum absolute atomic E-state index is 5.91. The van der Waals surface area contributed by atoms with E-state index in [9.17, 15) is 0 Å². The van der Waals surface area contributed by atoms with Gasteiger partial charge in [-0.1, -0.05) is 12.1 Å². The molecule has 4 heteroatoms. The van der Waals surface area contributed by atoms with Crippen molar-refractivity contribution in [3.8, 4) is 5.75 Å². The van der Waals surface area contributed by atoms with E-state index in [0.29, 0.717) is 19.2 Å². The van der Waals surface area contributed by atoms with Gasteiger partial charge in [0.15, 0.2) is 0 Å². The summed E-state index contributed by atoms with van der Waals surface area (Å²) in [5.41, 5.74) is 7.13. The van der Waals surface area contributed by atoms with Crippen LogP contribution in [0.3, 0.4) is 0 Å². The summed E-state index contributed by atoms with van der Waals surface area (Å²) in [6, 6.07) is 8.96. The summed E-state index contributed by atoms with van der Waals surface area (Å²) in [5, 5.41) is 0. The molecule has 0 radical (unpaired) electrons. The average Bonchev–Trinajstić information content (AvgIpc) is 2.47. The molecule has 1 aromatic carbocycles. The zero-order valence-corrected chi connectivity index (χ0v) is 12.7. The Bertz CT molecular complexity index is 423. The van der Waals surface area contributed by atoms with Crippen LogP contribution in [0, 0.1) is 0 Å². The maximum Gasteiger partial charge on any atom is 0.119 e. The molecule has 4 nitrogen and oxygen atoms in total. The van der Waals surface area contributed by atoms with Gasteiger partial charge >= 0.3 is 0 Å². The third-order valence-corrected chi connectivity index (χ3v) is 3.80.